The highest BCUT2D eigenvalue weighted by atomic mass is 35.5. The van der Waals surface area contributed by atoms with Gasteiger partial charge >= 0.3 is 0 Å². The summed E-state index contributed by atoms with van der Waals surface area (Å²) >= 11 is 6.88. The molecule has 1 saturated heterocycles. The van der Waals surface area contributed by atoms with Crippen molar-refractivity contribution >= 4 is 33.9 Å². The van der Waals surface area contributed by atoms with Crippen molar-refractivity contribution in [3.8, 4) is 6.07 Å². The molecule has 5 aromatic rings. The molecule has 0 saturated carbocycles. The third-order valence-electron chi connectivity index (χ3n) is 8.91. The van der Waals surface area contributed by atoms with Crippen LogP contribution in [0.2, 0.25) is 5.02 Å². The van der Waals surface area contributed by atoms with Gasteiger partial charge in [-0.05, 0) is 69.4 Å². The average molecular weight is 634 g/mol. The van der Waals surface area contributed by atoms with Crippen LogP contribution in [0.4, 0.5) is 11.4 Å². The topological polar surface area (TPSA) is 108 Å². The van der Waals surface area contributed by atoms with Crippen molar-refractivity contribution in [3.63, 3.8) is 0 Å². The number of hydrogen-bond donors (Lipinski definition) is 2. The summed E-state index contributed by atoms with van der Waals surface area (Å²) in [5.74, 6) is 0. The van der Waals surface area contributed by atoms with E-state index >= 15 is 0 Å². The molecular weight excluding hydrogens is 594 g/mol. The van der Waals surface area contributed by atoms with Crippen LogP contribution in [0.3, 0.4) is 0 Å². The third kappa shape index (κ3) is 6.69. The first kappa shape index (κ1) is 31.5. The fourth-order valence-electron chi connectivity index (χ4n) is 6.31. The number of nitrogens with zero attached hydrogens (tertiary/aromatic N) is 7. The van der Waals surface area contributed by atoms with E-state index in [9.17, 15) is 5.26 Å². The van der Waals surface area contributed by atoms with Gasteiger partial charge in [-0.3, -0.25) is 14.9 Å². The van der Waals surface area contributed by atoms with E-state index in [2.05, 4.69) is 87.9 Å². The second-order valence-electron chi connectivity index (χ2n) is 12.9. The number of fused-ring (bicyclic) bond motifs is 1. The predicted octanol–water partition coefficient (Wildman–Crippen LogP) is 7.95. The summed E-state index contributed by atoms with van der Waals surface area (Å²) in [6, 6.07) is 20.4. The van der Waals surface area contributed by atoms with Gasteiger partial charge in [0.05, 0.1) is 46.1 Å². The molecule has 3 aromatic heterocycles. The summed E-state index contributed by atoms with van der Waals surface area (Å²) in [4.78, 5) is 11.5. The van der Waals surface area contributed by atoms with E-state index in [0.717, 1.165) is 60.2 Å². The summed E-state index contributed by atoms with van der Waals surface area (Å²) in [5, 5.41) is 27.9. The van der Waals surface area contributed by atoms with Crippen LogP contribution in [0.1, 0.15) is 87.5 Å². The Bertz CT molecular complexity index is 1820. The van der Waals surface area contributed by atoms with Gasteiger partial charge in [-0.1, -0.05) is 60.1 Å². The molecule has 1 fully saturated rings. The minimum atomic E-state index is -0.332. The largest absolute Gasteiger partial charge is 0.377 e. The number of rotatable bonds is 9. The van der Waals surface area contributed by atoms with Crippen LogP contribution in [-0.4, -0.2) is 48.5 Å². The molecule has 0 bridgehead atoms. The maximum absolute atomic E-state index is 10.1. The lowest BCUT2D eigenvalue weighted by Crippen LogP contribution is -2.46. The maximum Gasteiger partial charge on any atom is 0.110 e. The molecule has 4 heterocycles. The van der Waals surface area contributed by atoms with Gasteiger partial charge < -0.3 is 10.6 Å². The van der Waals surface area contributed by atoms with E-state index in [-0.39, 0.29) is 17.6 Å². The molecule has 10 heteroatoms. The van der Waals surface area contributed by atoms with Gasteiger partial charge in [0.2, 0.25) is 0 Å². The fraction of sp³-hybridized carbons (Fsp3) is 0.361. The molecule has 2 aromatic carbocycles. The summed E-state index contributed by atoms with van der Waals surface area (Å²) < 4.78 is 2.02. The Balaban J connectivity index is 1.34. The molecule has 1 aliphatic rings. The molecule has 0 spiro atoms. The van der Waals surface area contributed by atoms with E-state index in [4.69, 9.17) is 11.6 Å². The number of nitrogens with one attached hydrogen (secondary N) is 2. The predicted molar refractivity (Wildman–Crippen MR) is 184 cm³/mol. The van der Waals surface area contributed by atoms with Crippen LogP contribution < -0.4 is 10.6 Å². The van der Waals surface area contributed by atoms with E-state index in [1.54, 1.807) is 12.4 Å². The summed E-state index contributed by atoms with van der Waals surface area (Å²) in [5.41, 5.74) is 5.61. The van der Waals surface area contributed by atoms with Crippen molar-refractivity contribution in [1.29, 1.82) is 5.26 Å². The van der Waals surface area contributed by atoms with Crippen molar-refractivity contribution < 1.29 is 0 Å². The van der Waals surface area contributed by atoms with Gasteiger partial charge in [-0.2, -0.15) is 5.26 Å². The number of piperidine rings is 1. The number of anilines is 2. The average Bonchev–Trinajstić information content (AvgIpc) is 3.56. The molecule has 2 atom stereocenters. The molecule has 9 nitrogen and oxygen atoms in total. The Morgan fingerprint density at radius 2 is 1.78 bits per heavy atom. The second kappa shape index (κ2) is 13.5. The van der Waals surface area contributed by atoms with Crippen molar-refractivity contribution in [2.24, 2.45) is 0 Å². The minimum absolute atomic E-state index is 0.00253. The van der Waals surface area contributed by atoms with Crippen molar-refractivity contribution in [3.05, 3.63) is 107 Å². The molecule has 0 amide bonds. The van der Waals surface area contributed by atoms with E-state index in [1.165, 1.54) is 0 Å². The van der Waals surface area contributed by atoms with Crippen LogP contribution in [0.5, 0.6) is 0 Å². The van der Waals surface area contributed by atoms with Crippen molar-refractivity contribution in [2.75, 3.05) is 23.7 Å². The summed E-state index contributed by atoms with van der Waals surface area (Å²) in [6.45, 7) is 11.0. The van der Waals surface area contributed by atoms with Gasteiger partial charge in [0.1, 0.15) is 11.8 Å². The quantitative estimate of drug-likeness (QED) is 0.168. The number of benzene rings is 2. The lowest BCUT2D eigenvalue weighted by molar-refractivity contribution is 0.0866. The highest BCUT2D eigenvalue weighted by Crippen LogP contribution is 2.37. The summed E-state index contributed by atoms with van der Waals surface area (Å²) in [7, 11) is 0. The third-order valence-corrected chi connectivity index (χ3v) is 9.20. The minimum Gasteiger partial charge on any atom is -0.377 e. The maximum atomic E-state index is 10.1. The highest BCUT2D eigenvalue weighted by molar-refractivity contribution is 6.35. The monoisotopic (exact) mass is 633 g/mol. The van der Waals surface area contributed by atoms with Crippen LogP contribution in [-0.2, 0) is 0 Å². The van der Waals surface area contributed by atoms with Crippen molar-refractivity contribution in [2.45, 2.75) is 70.6 Å². The zero-order chi connectivity index (χ0) is 32.3. The van der Waals surface area contributed by atoms with Gasteiger partial charge in [0.15, 0.2) is 0 Å². The number of aromatic nitrogens is 5. The molecule has 2 unspecified atom stereocenters. The van der Waals surface area contributed by atoms with E-state index < -0.39 is 0 Å². The van der Waals surface area contributed by atoms with Crippen LogP contribution >= 0.6 is 11.6 Å². The molecule has 1 aliphatic heterocycles. The lowest BCUT2D eigenvalue weighted by Gasteiger charge is -2.40. The van der Waals surface area contributed by atoms with Gasteiger partial charge in [-0.25, -0.2) is 4.68 Å². The highest BCUT2D eigenvalue weighted by Gasteiger charge is 2.29. The Hall–Kier alpha value is -4.52. The van der Waals surface area contributed by atoms with Gasteiger partial charge in [0.25, 0.3) is 0 Å². The number of hydrogen-bond acceptors (Lipinski definition) is 8. The molecule has 0 aliphatic carbocycles. The zero-order valence-electron chi connectivity index (χ0n) is 26.8. The molecule has 0 radical (unpaired) electrons. The van der Waals surface area contributed by atoms with Crippen LogP contribution in [0.15, 0.2) is 79.4 Å². The fourth-order valence-corrected chi connectivity index (χ4v) is 6.58. The molecule has 46 heavy (non-hydrogen) atoms. The first-order valence-corrected chi connectivity index (χ1v) is 16.3. The summed E-state index contributed by atoms with van der Waals surface area (Å²) in [6.07, 6.45) is 10.1. The number of likely N-dealkylation sites (tertiary alicyclic amines) is 1. The van der Waals surface area contributed by atoms with Gasteiger partial charge in [-0.15, -0.1) is 5.10 Å². The van der Waals surface area contributed by atoms with Crippen molar-refractivity contribution in [1.82, 2.24) is 29.9 Å². The molecule has 236 valence electrons. The first-order valence-electron chi connectivity index (χ1n) is 15.9. The van der Waals surface area contributed by atoms with E-state index in [0.29, 0.717) is 27.8 Å². The van der Waals surface area contributed by atoms with Crippen LogP contribution in [0.25, 0.3) is 10.9 Å². The zero-order valence-corrected chi connectivity index (χ0v) is 27.5. The van der Waals surface area contributed by atoms with Gasteiger partial charge in [0, 0.05) is 48.3 Å². The lowest BCUT2D eigenvalue weighted by atomic mass is 9.98. The Labute approximate surface area is 275 Å². The number of pyridine rings is 2. The smallest absolute Gasteiger partial charge is 0.110 e. The molecular formula is C36H40ClN9. The normalized spacial score (nSPS) is 15.7. The Morgan fingerprint density at radius 1 is 1.02 bits per heavy atom. The second-order valence-corrected chi connectivity index (χ2v) is 13.3. The number of nitriles is 1. The SMILES string of the molecule is CCC(Nc1c(C#N)cnc2c(Cl)cc(NC(c3cccnc3)c3cn(C4CCN(C(C)(C)C)CC4)nn3)cc12)c1ccccc1. The van der Waals surface area contributed by atoms with Crippen LogP contribution in [0, 0.1) is 11.3 Å². The molecule has 2 N–H and O–H groups in total. The first-order chi connectivity index (χ1) is 22.2. The Kier molecular flexibility index (Phi) is 9.20. The van der Waals surface area contributed by atoms with E-state index in [1.807, 2.05) is 53.3 Å². The molecule has 6 rings (SSSR count). The number of halogens is 1. The Morgan fingerprint density at radius 3 is 2.46 bits per heavy atom. The standard InChI is InChI=1S/C36H40ClN9/c1-5-31(24-10-7-6-8-11-24)42-33-26(20-38)22-40-35-29(33)18-27(19-30(35)37)41-34(25-12-9-15-39-21-25)32-23-46(44-43-32)28-13-16-45(17-14-28)36(2,3)4/h6-12,15,18-19,21-23,28,31,34,41H,5,13-14,16-17H2,1-4H3,(H,40,42).